The number of rotatable bonds is 4. The number of hydrogen-bond donors (Lipinski definition) is 1. The molecule has 2 amide bonds. The molecule has 1 rings (SSSR count). The Bertz CT molecular complexity index is 422. The molecule has 1 heterocycles. The summed E-state index contributed by atoms with van der Waals surface area (Å²) in [5.41, 5.74) is -1.05. The molecule has 1 aliphatic rings. The molecule has 1 fully saturated rings. The van der Waals surface area contributed by atoms with E-state index in [9.17, 15) is 19.5 Å². The normalized spacial score (nSPS) is 19.1. The highest BCUT2D eigenvalue weighted by Gasteiger charge is 2.40. The van der Waals surface area contributed by atoms with Crippen LogP contribution in [0.5, 0.6) is 0 Å². The monoisotopic (exact) mass is 298 g/mol. The summed E-state index contributed by atoms with van der Waals surface area (Å²) in [7, 11) is 0. The van der Waals surface area contributed by atoms with Gasteiger partial charge in [-0.2, -0.15) is 0 Å². The Morgan fingerprint density at radius 3 is 2.10 bits per heavy atom. The van der Waals surface area contributed by atoms with Crippen LogP contribution in [0, 0.1) is 11.3 Å². The summed E-state index contributed by atoms with van der Waals surface area (Å²) in [6, 6.07) is 0. The highest BCUT2D eigenvalue weighted by atomic mass is 16.4. The summed E-state index contributed by atoms with van der Waals surface area (Å²) >= 11 is 0. The second-order valence-electron chi connectivity index (χ2n) is 6.29. The standard InChI is InChI=1S/C15H26N2O4/c1-11(2)15(4,14(20)21)10-13(19)17-7-5-6-16(8-9-17)12(3)18/h11H,5-10H2,1-4H3,(H,20,21). The van der Waals surface area contributed by atoms with Crippen LogP contribution in [-0.4, -0.2) is 58.9 Å². The lowest BCUT2D eigenvalue weighted by Crippen LogP contribution is -2.42. The Hall–Kier alpha value is -1.59. The maximum Gasteiger partial charge on any atom is 0.310 e. The van der Waals surface area contributed by atoms with Gasteiger partial charge in [-0.3, -0.25) is 14.4 Å². The first-order chi connectivity index (χ1) is 9.68. The summed E-state index contributed by atoms with van der Waals surface area (Å²) in [4.78, 5) is 38.7. The van der Waals surface area contributed by atoms with E-state index < -0.39 is 11.4 Å². The molecule has 1 atom stereocenters. The maximum atomic E-state index is 12.4. The third-order valence-corrected chi connectivity index (χ3v) is 4.58. The van der Waals surface area contributed by atoms with E-state index in [1.807, 2.05) is 13.8 Å². The summed E-state index contributed by atoms with van der Waals surface area (Å²) < 4.78 is 0. The molecule has 0 bridgehead atoms. The molecule has 0 aliphatic carbocycles. The van der Waals surface area contributed by atoms with Crippen LogP contribution in [0.2, 0.25) is 0 Å². The third kappa shape index (κ3) is 4.19. The number of nitrogens with zero attached hydrogens (tertiary/aromatic N) is 2. The molecule has 6 nitrogen and oxygen atoms in total. The quantitative estimate of drug-likeness (QED) is 0.846. The molecule has 0 spiro atoms. The lowest BCUT2D eigenvalue weighted by Gasteiger charge is -2.31. The van der Waals surface area contributed by atoms with Crippen molar-refractivity contribution in [3.8, 4) is 0 Å². The van der Waals surface area contributed by atoms with Gasteiger partial charge in [0.15, 0.2) is 0 Å². The Kier molecular flexibility index (Phi) is 5.75. The van der Waals surface area contributed by atoms with Crippen molar-refractivity contribution in [2.45, 2.75) is 40.5 Å². The van der Waals surface area contributed by atoms with Crippen LogP contribution >= 0.6 is 0 Å². The van der Waals surface area contributed by atoms with E-state index in [4.69, 9.17) is 0 Å². The molecule has 0 aromatic heterocycles. The van der Waals surface area contributed by atoms with E-state index in [0.717, 1.165) is 6.42 Å². The average Bonchev–Trinajstić information content (AvgIpc) is 2.63. The van der Waals surface area contributed by atoms with Crippen LogP contribution in [0.15, 0.2) is 0 Å². The third-order valence-electron chi connectivity index (χ3n) is 4.58. The topological polar surface area (TPSA) is 77.9 Å². The first-order valence-corrected chi connectivity index (χ1v) is 7.45. The van der Waals surface area contributed by atoms with Gasteiger partial charge in [0.05, 0.1) is 5.41 Å². The van der Waals surface area contributed by atoms with Gasteiger partial charge < -0.3 is 14.9 Å². The fourth-order valence-corrected chi connectivity index (χ4v) is 2.43. The molecule has 1 N–H and O–H groups in total. The number of hydrogen-bond acceptors (Lipinski definition) is 3. The Morgan fingerprint density at radius 1 is 1.10 bits per heavy atom. The van der Waals surface area contributed by atoms with Crippen LogP contribution in [-0.2, 0) is 14.4 Å². The fourth-order valence-electron chi connectivity index (χ4n) is 2.43. The second-order valence-corrected chi connectivity index (χ2v) is 6.29. The summed E-state index contributed by atoms with van der Waals surface area (Å²) in [6.45, 7) is 9.02. The lowest BCUT2D eigenvalue weighted by atomic mass is 9.76. The number of aliphatic carboxylic acids is 1. The SMILES string of the molecule is CC(=O)N1CCCN(C(=O)CC(C)(C(=O)O)C(C)C)CC1. The molecule has 0 aromatic rings. The van der Waals surface area contributed by atoms with Gasteiger partial charge in [0.1, 0.15) is 0 Å². The van der Waals surface area contributed by atoms with E-state index in [-0.39, 0.29) is 24.2 Å². The molecule has 1 aliphatic heterocycles. The Balaban J connectivity index is 2.71. The van der Waals surface area contributed by atoms with Crippen LogP contribution < -0.4 is 0 Å². The molecule has 6 heteroatoms. The zero-order valence-corrected chi connectivity index (χ0v) is 13.4. The van der Waals surface area contributed by atoms with Gasteiger partial charge in [-0.25, -0.2) is 0 Å². The number of carbonyl (C=O) groups excluding carboxylic acids is 2. The Labute approximate surface area is 126 Å². The maximum absolute atomic E-state index is 12.4. The molecule has 0 radical (unpaired) electrons. The number of carboxylic acid groups (broad SMARTS) is 1. The minimum Gasteiger partial charge on any atom is -0.481 e. The minimum absolute atomic E-state index is 0.0000709. The van der Waals surface area contributed by atoms with Gasteiger partial charge in [0.2, 0.25) is 11.8 Å². The van der Waals surface area contributed by atoms with Crippen molar-refractivity contribution in [2.75, 3.05) is 26.2 Å². The van der Waals surface area contributed by atoms with E-state index >= 15 is 0 Å². The van der Waals surface area contributed by atoms with Crippen LogP contribution in [0.1, 0.15) is 40.5 Å². The van der Waals surface area contributed by atoms with Crippen molar-refractivity contribution >= 4 is 17.8 Å². The minimum atomic E-state index is -1.05. The lowest BCUT2D eigenvalue weighted by molar-refractivity contribution is -0.155. The molecule has 120 valence electrons. The van der Waals surface area contributed by atoms with Crippen molar-refractivity contribution in [3.63, 3.8) is 0 Å². The van der Waals surface area contributed by atoms with Gasteiger partial charge in [-0.15, -0.1) is 0 Å². The van der Waals surface area contributed by atoms with Crippen molar-refractivity contribution in [2.24, 2.45) is 11.3 Å². The zero-order chi connectivity index (χ0) is 16.2. The predicted molar refractivity (Wildman–Crippen MR) is 78.6 cm³/mol. The molecule has 0 aromatic carbocycles. The largest absolute Gasteiger partial charge is 0.481 e. The zero-order valence-electron chi connectivity index (χ0n) is 13.4. The van der Waals surface area contributed by atoms with Crippen molar-refractivity contribution in [1.29, 1.82) is 0 Å². The van der Waals surface area contributed by atoms with Crippen LogP contribution in [0.4, 0.5) is 0 Å². The molecule has 0 saturated carbocycles. The summed E-state index contributed by atoms with van der Waals surface area (Å²) in [6.07, 6.45) is 0.733. The van der Waals surface area contributed by atoms with Crippen LogP contribution in [0.3, 0.4) is 0 Å². The Morgan fingerprint density at radius 2 is 1.62 bits per heavy atom. The van der Waals surface area contributed by atoms with Crippen molar-refractivity contribution < 1.29 is 19.5 Å². The van der Waals surface area contributed by atoms with Crippen molar-refractivity contribution in [3.05, 3.63) is 0 Å². The predicted octanol–water partition coefficient (Wildman–Crippen LogP) is 1.20. The molecular formula is C15H26N2O4. The second kappa shape index (κ2) is 6.91. The smallest absolute Gasteiger partial charge is 0.310 e. The van der Waals surface area contributed by atoms with Gasteiger partial charge in [0, 0.05) is 39.5 Å². The van der Waals surface area contributed by atoms with Gasteiger partial charge in [0.25, 0.3) is 0 Å². The highest BCUT2D eigenvalue weighted by molar-refractivity contribution is 5.85. The van der Waals surface area contributed by atoms with E-state index in [1.54, 1.807) is 16.7 Å². The molecule has 1 unspecified atom stereocenters. The molecule has 21 heavy (non-hydrogen) atoms. The van der Waals surface area contributed by atoms with Gasteiger partial charge in [-0.05, 0) is 19.3 Å². The van der Waals surface area contributed by atoms with E-state index in [2.05, 4.69) is 0 Å². The number of carbonyl (C=O) groups is 3. The first-order valence-electron chi connectivity index (χ1n) is 7.45. The first kappa shape index (κ1) is 17.5. The number of carboxylic acids is 1. The van der Waals surface area contributed by atoms with Crippen LogP contribution in [0.25, 0.3) is 0 Å². The highest BCUT2D eigenvalue weighted by Crippen LogP contribution is 2.32. The van der Waals surface area contributed by atoms with Crippen molar-refractivity contribution in [1.82, 2.24) is 9.80 Å². The van der Waals surface area contributed by atoms with E-state index in [1.165, 1.54) is 6.92 Å². The van der Waals surface area contributed by atoms with Gasteiger partial charge in [-0.1, -0.05) is 13.8 Å². The average molecular weight is 298 g/mol. The molecular weight excluding hydrogens is 272 g/mol. The molecule has 1 saturated heterocycles. The number of amides is 2. The summed E-state index contributed by atoms with van der Waals surface area (Å²) in [5, 5.41) is 9.40. The fraction of sp³-hybridized carbons (Fsp3) is 0.800. The van der Waals surface area contributed by atoms with Gasteiger partial charge >= 0.3 is 5.97 Å². The summed E-state index contributed by atoms with van der Waals surface area (Å²) in [5.74, 6) is -1.19. The van der Waals surface area contributed by atoms with E-state index in [0.29, 0.717) is 26.2 Å².